The largest absolute Gasteiger partial charge is 0.444 e. The summed E-state index contributed by atoms with van der Waals surface area (Å²) in [5, 5.41) is 0. The number of nitrogens with two attached hydrogens (primary N) is 1. The van der Waals surface area contributed by atoms with Crippen LogP contribution in [-0.2, 0) is 4.74 Å². The normalized spacial score (nSPS) is 31.4. The first-order chi connectivity index (χ1) is 7.12. The van der Waals surface area contributed by atoms with Crippen molar-refractivity contribution in [3.8, 4) is 0 Å². The van der Waals surface area contributed by atoms with E-state index < -0.39 is 23.4 Å². The Morgan fingerprint density at radius 1 is 1.56 bits per heavy atom. The summed E-state index contributed by atoms with van der Waals surface area (Å²) < 4.78 is 19.1. The van der Waals surface area contributed by atoms with Crippen molar-refractivity contribution in [1.82, 2.24) is 4.90 Å². The summed E-state index contributed by atoms with van der Waals surface area (Å²) >= 11 is 0. The average molecular weight is 232 g/mol. The van der Waals surface area contributed by atoms with Gasteiger partial charge < -0.3 is 15.4 Å². The van der Waals surface area contributed by atoms with Gasteiger partial charge in [0.2, 0.25) is 0 Å². The van der Waals surface area contributed by atoms with Crippen LogP contribution in [0, 0.1) is 0 Å². The highest BCUT2D eigenvalue weighted by molar-refractivity contribution is 5.68. The van der Waals surface area contributed by atoms with Crippen molar-refractivity contribution in [2.24, 2.45) is 5.73 Å². The molecule has 0 aromatic rings. The molecule has 16 heavy (non-hydrogen) atoms. The number of rotatable bonds is 0. The van der Waals surface area contributed by atoms with Gasteiger partial charge in [-0.2, -0.15) is 0 Å². The maximum atomic E-state index is 13.9. The fourth-order valence-corrected chi connectivity index (χ4v) is 1.65. The molecule has 1 saturated heterocycles. The van der Waals surface area contributed by atoms with Crippen molar-refractivity contribution in [3.05, 3.63) is 0 Å². The molecule has 94 valence electrons. The maximum Gasteiger partial charge on any atom is 0.410 e. The van der Waals surface area contributed by atoms with Gasteiger partial charge >= 0.3 is 6.09 Å². The SMILES string of the molecule is CC(C)(C)OC(=O)N1CCC(N)[C@@](C)(F)C1. The lowest BCUT2D eigenvalue weighted by molar-refractivity contribution is -0.00670. The second-order valence-corrected chi connectivity index (χ2v) is 5.58. The average Bonchev–Trinajstić information content (AvgIpc) is 2.06. The monoisotopic (exact) mass is 232 g/mol. The molecule has 2 atom stereocenters. The molecule has 0 saturated carbocycles. The van der Waals surface area contributed by atoms with Gasteiger partial charge in [-0.15, -0.1) is 0 Å². The molecule has 4 nitrogen and oxygen atoms in total. The maximum absolute atomic E-state index is 13.9. The molecule has 0 bridgehead atoms. The lowest BCUT2D eigenvalue weighted by Crippen LogP contribution is -2.57. The van der Waals surface area contributed by atoms with Gasteiger partial charge in [-0.1, -0.05) is 0 Å². The predicted octanol–water partition coefficient (Wildman–Crippen LogP) is 1.68. The summed E-state index contributed by atoms with van der Waals surface area (Å²) in [5.41, 5.74) is 3.56. The minimum absolute atomic E-state index is 0.00306. The number of nitrogens with zero attached hydrogens (tertiary/aromatic N) is 1. The molecule has 0 radical (unpaired) electrons. The van der Waals surface area contributed by atoms with E-state index in [1.54, 1.807) is 20.8 Å². The van der Waals surface area contributed by atoms with Crippen molar-refractivity contribution in [2.75, 3.05) is 13.1 Å². The quantitative estimate of drug-likeness (QED) is 0.691. The number of alkyl halides is 1. The van der Waals surface area contributed by atoms with E-state index in [9.17, 15) is 9.18 Å². The van der Waals surface area contributed by atoms with E-state index in [1.165, 1.54) is 11.8 Å². The van der Waals surface area contributed by atoms with Gasteiger partial charge in [0, 0.05) is 12.6 Å². The highest BCUT2D eigenvalue weighted by Gasteiger charge is 2.40. The van der Waals surface area contributed by atoms with Crippen LogP contribution >= 0.6 is 0 Å². The molecule has 1 aliphatic rings. The third-order valence-electron chi connectivity index (χ3n) is 2.63. The van der Waals surface area contributed by atoms with Gasteiger partial charge in [-0.05, 0) is 34.1 Å². The third-order valence-corrected chi connectivity index (χ3v) is 2.63. The van der Waals surface area contributed by atoms with Gasteiger partial charge in [0.25, 0.3) is 0 Å². The molecule has 1 unspecified atom stereocenters. The highest BCUT2D eigenvalue weighted by atomic mass is 19.1. The zero-order valence-electron chi connectivity index (χ0n) is 10.4. The molecule has 1 fully saturated rings. The number of hydrogen-bond acceptors (Lipinski definition) is 3. The van der Waals surface area contributed by atoms with Crippen molar-refractivity contribution in [3.63, 3.8) is 0 Å². The fraction of sp³-hybridized carbons (Fsp3) is 0.909. The Bertz CT molecular complexity index is 274. The number of likely N-dealkylation sites (tertiary alicyclic amines) is 1. The Morgan fingerprint density at radius 2 is 2.12 bits per heavy atom. The molecule has 1 aliphatic heterocycles. The second-order valence-electron chi connectivity index (χ2n) is 5.58. The standard InChI is InChI=1S/C11H21FN2O2/c1-10(2,3)16-9(15)14-6-5-8(13)11(4,12)7-14/h8H,5-7,13H2,1-4H3/t8?,11-/m0/s1. The summed E-state index contributed by atoms with van der Waals surface area (Å²) in [6.45, 7) is 7.24. The summed E-state index contributed by atoms with van der Waals surface area (Å²) in [6, 6.07) is -0.508. The molecule has 0 aromatic heterocycles. The minimum atomic E-state index is -1.53. The molecule has 1 heterocycles. The van der Waals surface area contributed by atoms with Crippen LogP contribution in [0.25, 0.3) is 0 Å². The highest BCUT2D eigenvalue weighted by Crippen LogP contribution is 2.25. The van der Waals surface area contributed by atoms with E-state index in [-0.39, 0.29) is 6.54 Å². The van der Waals surface area contributed by atoms with Crippen LogP contribution in [0.15, 0.2) is 0 Å². The van der Waals surface area contributed by atoms with Gasteiger partial charge in [-0.25, -0.2) is 9.18 Å². The Morgan fingerprint density at radius 3 is 2.56 bits per heavy atom. The molecule has 1 rings (SSSR count). The number of halogens is 1. The van der Waals surface area contributed by atoms with Crippen molar-refractivity contribution in [2.45, 2.75) is 51.4 Å². The summed E-state index contributed by atoms with van der Waals surface area (Å²) in [5.74, 6) is 0. The molecule has 0 aliphatic carbocycles. The second kappa shape index (κ2) is 4.20. The third kappa shape index (κ3) is 3.33. The number of ether oxygens (including phenoxy) is 1. The Kier molecular flexibility index (Phi) is 3.47. The van der Waals surface area contributed by atoms with Crippen LogP contribution in [0.5, 0.6) is 0 Å². The minimum Gasteiger partial charge on any atom is -0.444 e. The number of piperidine rings is 1. The number of carbonyl (C=O) groups excluding carboxylic acids is 1. The first kappa shape index (κ1) is 13.2. The van der Waals surface area contributed by atoms with Crippen molar-refractivity contribution < 1.29 is 13.9 Å². The van der Waals surface area contributed by atoms with Crippen molar-refractivity contribution >= 4 is 6.09 Å². The van der Waals surface area contributed by atoms with Gasteiger partial charge in [0.1, 0.15) is 11.3 Å². The van der Waals surface area contributed by atoms with Gasteiger partial charge in [-0.3, -0.25) is 0 Å². The van der Waals surface area contributed by atoms with E-state index in [0.29, 0.717) is 13.0 Å². The predicted molar refractivity (Wildman–Crippen MR) is 59.9 cm³/mol. The summed E-state index contributed by atoms with van der Waals surface area (Å²) in [4.78, 5) is 13.1. The molecule has 5 heteroatoms. The van der Waals surface area contributed by atoms with Crippen LogP contribution in [0.2, 0.25) is 0 Å². The Balaban J connectivity index is 2.60. The van der Waals surface area contributed by atoms with E-state index in [2.05, 4.69) is 0 Å². The van der Waals surface area contributed by atoms with E-state index >= 15 is 0 Å². The van der Waals surface area contributed by atoms with Crippen LogP contribution in [-0.4, -0.2) is 41.4 Å². The van der Waals surface area contributed by atoms with E-state index in [1.807, 2.05) is 0 Å². The number of carbonyl (C=O) groups is 1. The molecular formula is C11H21FN2O2. The Hall–Kier alpha value is -0.840. The zero-order valence-corrected chi connectivity index (χ0v) is 10.4. The fourth-order valence-electron chi connectivity index (χ4n) is 1.65. The molecule has 0 spiro atoms. The first-order valence-electron chi connectivity index (χ1n) is 5.54. The van der Waals surface area contributed by atoms with Gasteiger partial charge in [0.05, 0.1) is 6.54 Å². The van der Waals surface area contributed by atoms with E-state index in [4.69, 9.17) is 10.5 Å². The lowest BCUT2D eigenvalue weighted by atomic mass is 9.92. The lowest BCUT2D eigenvalue weighted by Gasteiger charge is -2.39. The first-order valence-corrected chi connectivity index (χ1v) is 5.54. The molecular weight excluding hydrogens is 211 g/mol. The summed E-state index contributed by atoms with van der Waals surface area (Å²) in [7, 11) is 0. The Labute approximate surface area is 95.9 Å². The smallest absolute Gasteiger partial charge is 0.410 e. The van der Waals surface area contributed by atoms with E-state index in [0.717, 1.165) is 0 Å². The number of hydrogen-bond donors (Lipinski definition) is 1. The van der Waals surface area contributed by atoms with Crippen LogP contribution < -0.4 is 5.73 Å². The van der Waals surface area contributed by atoms with Crippen molar-refractivity contribution in [1.29, 1.82) is 0 Å². The molecule has 0 aromatic carbocycles. The molecule has 1 amide bonds. The van der Waals surface area contributed by atoms with Crippen LogP contribution in [0.3, 0.4) is 0 Å². The number of amides is 1. The van der Waals surface area contributed by atoms with Crippen LogP contribution in [0.4, 0.5) is 9.18 Å². The van der Waals surface area contributed by atoms with Crippen LogP contribution in [0.1, 0.15) is 34.1 Å². The zero-order chi connectivity index (χ0) is 12.6. The van der Waals surface area contributed by atoms with Gasteiger partial charge in [0.15, 0.2) is 0 Å². The topological polar surface area (TPSA) is 55.6 Å². The summed E-state index contributed by atoms with van der Waals surface area (Å²) in [6.07, 6.45) is -0.00466. The molecule has 2 N–H and O–H groups in total.